The average Bonchev–Trinajstić information content (AvgIpc) is 1.64. The molecule has 9 heavy (non-hydrogen) atoms. The van der Waals surface area contributed by atoms with Crippen LogP contribution in [0.3, 0.4) is 0 Å². The van der Waals surface area contributed by atoms with Crippen molar-refractivity contribution in [3.05, 3.63) is 0 Å². The highest BCUT2D eigenvalue weighted by molar-refractivity contribution is 5.91. The molecule has 0 heterocycles. The van der Waals surface area contributed by atoms with E-state index in [1.54, 1.807) is 0 Å². The number of rotatable bonds is 2. The lowest BCUT2D eigenvalue weighted by molar-refractivity contribution is -0.138. The average molecular weight is 131 g/mol. The fourth-order valence-corrected chi connectivity index (χ4v) is 0.230. The maximum absolute atomic E-state index is 10.5. The molecule has 0 saturated heterocycles. The van der Waals surface area contributed by atoms with Gasteiger partial charge in [0.25, 0.3) is 5.91 Å². The Bertz CT molecular complexity index is 125. The maximum Gasteiger partial charge on any atom is 0.257 e. The normalized spacial score (nSPS) is 10.6. The van der Waals surface area contributed by atoms with Gasteiger partial charge in [0, 0.05) is 0 Å². The highest BCUT2D eigenvalue weighted by Gasteiger charge is 2.22. The molecule has 0 aliphatic heterocycles. The van der Waals surface area contributed by atoms with E-state index in [2.05, 4.69) is 0 Å². The largest absolute Gasteiger partial charge is 0.381 e. The Labute approximate surface area is 52.9 Å². The van der Waals surface area contributed by atoms with Crippen LogP contribution in [0.5, 0.6) is 0 Å². The van der Waals surface area contributed by atoms with Crippen LogP contribution in [-0.2, 0) is 9.59 Å². The summed E-state index contributed by atoms with van der Waals surface area (Å²) in [4.78, 5) is 20.1. The zero-order valence-corrected chi connectivity index (χ0v) is 5.34. The summed E-state index contributed by atoms with van der Waals surface area (Å²) in [6.07, 6.45) is 0.236. The molecule has 0 aromatic carbocycles. The summed E-state index contributed by atoms with van der Waals surface area (Å²) in [5.74, 6) is -0.697. The smallest absolute Gasteiger partial charge is 0.257 e. The summed E-state index contributed by atoms with van der Waals surface area (Å²) in [7, 11) is 0. The molecule has 2 N–H and O–H groups in total. The van der Waals surface area contributed by atoms with Gasteiger partial charge in [-0.15, -0.1) is 0 Å². The minimum absolute atomic E-state index is 0.236. The van der Waals surface area contributed by atoms with E-state index in [9.17, 15) is 9.59 Å². The molecule has 4 heteroatoms. The topological polar surface area (TPSA) is 66.4 Å². The minimum Gasteiger partial charge on any atom is -0.381 e. The second-order valence-electron chi connectivity index (χ2n) is 2.15. The summed E-state index contributed by atoms with van der Waals surface area (Å²) >= 11 is 0. The van der Waals surface area contributed by atoms with Gasteiger partial charge in [0.05, 0.1) is 0 Å². The third kappa shape index (κ3) is 2.81. The lowest BCUT2D eigenvalue weighted by Crippen LogP contribution is -2.41. The van der Waals surface area contributed by atoms with Gasteiger partial charge in [-0.3, -0.25) is 14.9 Å². The summed E-state index contributed by atoms with van der Waals surface area (Å²) in [5.41, 5.74) is -1.47. The molecule has 0 rings (SSSR count). The first-order valence-corrected chi connectivity index (χ1v) is 2.45. The summed E-state index contributed by atoms with van der Waals surface area (Å²) in [5, 5.41) is 10.7. The van der Waals surface area contributed by atoms with Crippen LogP contribution in [-0.4, -0.2) is 23.0 Å². The van der Waals surface area contributed by atoms with Crippen molar-refractivity contribution < 1.29 is 14.7 Å². The Morgan fingerprint density at radius 1 is 1.67 bits per heavy atom. The van der Waals surface area contributed by atoms with E-state index < -0.39 is 11.5 Å². The van der Waals surface area contributed by atoms with E-state index in [4.69, 9.17) is 5.11 Å². The van der Waals surface area contributed by atoms with Crippen LogP contribution in [0.2, 0.25) is 0 Å². The van der Waals surface area contributed by atoms with Crippen molar-refractivity contribution in [3.63, 3.8) is 0 Å². The van der Waals surface area contributed by atoms with Crippen molar-refractivity contribution in [2.45, 2.75) is 19.4 Å². The molecule has 0 atom stereocenters. The number of carbonyl (C=O) groups excluding carboxylic acids is 2. The second-order valence-corrected chi connectivity index (χ2v) is 2.15. The standard InChI is InChI=1S/C5H9NO3/c1-5(2,9)4(8)6-3-7/h3,9H,1-2H3,(H,6,7,8). The van der Waals surface area contributed by atoms with Gasteiger partial charge < -0.3 is 5.11 Å². The van der Waals surface area contributed by atoms with Gasteiger partial charge in [-0.25, -0.2) is 0 Å². The predicted octanol–water partition coefficient (Wildman–Crippen LogP) is -0.970. The molecule has 0 unspecified atom stereocenters. The van der Waals surface area contributed by atoms with Gasteiger partial charge in [0.1, 0.15) is 5.60 Å². The number of carbonyl (C=O) groups is 2. The van der Waals surface area contributed by atoms with Gasteiger partial charge in [0.15, 0.2) is 0 Å². The Balaban J connectivity index is 3.88. The molecular weight excluding hydrogens is 122 g/mol. The van der Waals surface area contributed by atoms with E-state index in [0.29, 0.717) is 0 Å². The fourth-order valence-electron chi connectivity index (χ4n) is 0.230. The minimum atomic E-state index is -1.47. The third-order valence-corrected chi connectivity index (χ3v) is 0.746. The fraction of sp³-hybridized carbons (Fsp3) is 0.600. The predicted molar refractivity (Wildman–Crippen MR) is 30.5 cm³/mol. The summed E-state index contributed by atoms with van der Waals surface area (Å²) < 4.78 is 0. The lowest BCUT2D eigenvalue weighted by atomic mass is 10.1. The highest BCUT2D eigenvalue weighted by Crippen LogP contribution is 1.98. The molecule has 0 spiro atoms. The molecule has 2 amide bonds. The molecule has 0 aromatic heterocycles. The Kier molecular flexibility index (Phi) is 2.33. The van der Waals surface area contributed by atoms with Crippen molar-refractivity contribution in [2.75, 3.05) is 0 Å². The number of amides is 2. The number of aliphatic hydroxyl groups is 1. The molecule has 0 aliphatic rings. The molecule has 0 radical (unpaired) electrons. The van der Waals surface area contributed by atoms with E-state index in [0.717, 1.165) is 0 Å². The van der Waals surface area contributed by atoms with E-state index >= 15 is 0 Å². The van der Waals surface area contributed by atoms with Gasteiger partial charge >= 0.3 is 0 Å². The van der Waals surface area contributed by atoms with E-state index in [1.807, 2.05) is 5.32 Å². The Morgan fingerprint density at radius 3 is 2.22 bits per heavy atom. The monoisotopic (exact) mass is 131 g/mol. The third-order valence-electron chi connectivity index (χ3n) is 0.746. The second kappa shape index (κ2) is 2.59. The quantitative estimate of drug-likeness (QED) is 0.474. The zero-order valence-electron chi connectivity index (χ0n) is 5.34. The summed E-state index contributed by atoms with van der Waals surface area (Å²) in [6.45, 7) is 2.59. The molecule has 0 fully saturated rings. The molecule has 0 aliphatic carbocycles. The molecule has 0 aromatic rings. The van der Waals surface area contributed by atoms with Crippen molar-refractivity contribution >= 4 is 12.3 Å². The van der Waals surface area contributed by atoms with Gasteiger partial charge in [-0.1, -0.05) is 0 Å². The Hall–Kier alpha value is -0.900. The van der Waals surface area contributed by atoms with Crippen molar-refractivity contribution in [2.24, 2.45) is 0 Å². The van der Waals surface area contributed by atoms with E-state index in [1.165, 1.54) is 13.8 Å². The molecular formula is C5H9NO3. The lowest BCUT2D eigenvalue weighted by Gasteiger charge is -2.12. The summed E-state index contributed by atoms with van der Waals surface area (Å²) in [6, 6.07) is 0. The number of hydrogen-bond acceptors (Lipinski definition) is 3. The number of imide groups is 1. The van der Waals surface area contributed by atoms with Crippen molar-refractivity contribution in [1.29, 1.82) is 0 Å². The first kappa shape index (κ1) is 8.10. The van der Waals surface area contributed by atoms with Crippen LogP contribution < -0.4 is 5.32 Å². The first-order valence-electron chi connectivity index (χ1n) is 2.45. The molecule has 0 bridgehead atoms. The van der Waals surface area contributed by atoms with Crippen LogP contribution >= 0.6 is 0 Å². The highest BCUT2D eigenvalue weighted by atomic mass is 16.3. The molecule has 52 valence electrons. The van der Waals surface area contributed by atoms with Crippen LogP contribution in [0.4, 0.5) is 0 Å². The van der Waals surface area contributed by atoms with Crippen molar-refractivity contribution in [1.82, 2.24) is 5.32 Å². The van der Waals surface area contributed by atoms with Crippen LogP contribution in [0, 0.1) is 0 Å². The molecule has 4 nitrogen and oxygen atoms in total. The Morgan fingerprint density at radius 2 is 2.11 bits per heavy atom. The van der Waals surface area contributed by atoms with E-state index in [-0.39, 0.29) is 6.41 Å². The van der Waals surface area contributed by atoms with Crippen LogP contribution in [0.15, 0.2) is 0 Å². The maximum atomic E-state index is 10.5. The van der Waals surface area contributed by atoms with Crippen LogP contribution in [0.25, 0.3) is 0 Å². The van der Waals surface area contributed by atoms with Gasteiger partial charge in [-0.05, 0) is 13.8 Å². The van der Waals surface area contributed by atoms with Crippen molar-refractivity contribution in [3.8, 4) is 0 Å². The first-order chi connectivity index (χ1) is 3.98. The molecule has 0 saturated carbocycles. The van der Waals surface area contributed by atoms with Gasteiger partial charge in [-0.2, -0.15) is 0 Å². The number of nitrogens with one attached hydrogen (secondary N) is 1. The zero-order chi connectivity index (χ0) is 7.49. The van der Waals surface area contributed by atoms with Crippen LogP contribution in [0.1, 0.15) is 13.8 Å². The SMILES string of the molecule is CC(C)(O)C(=O)NC=O. The number of hydrogen-bond donors (Lipinski definition) is 2. The van der Waals surface area contributed by atoms with Gasteiger partial charge in [0.2, 0.25) is 6.41 Å².